The maximum absolute atomic E-state index is 12.6. The molecule has 24 heavy (non-hydrogen) atoms. The molecule has 0 unspecified atom stereocenters. The lowest BCUT2D eigenvalue weighted by molar-refractivity contribution is 0.123. The van der Waals surface area contributed by atoms with E-state index in [4.69, 9.17) is 0 Å². The van der Waals surface area contributed by atoms with E-state index < -0.39 is 15.6 Å². The number of sulfonamides is 1. The molecular weight excluding hydrogens is 340 g/mol. The summed E-state index contributed by atoms with van der Waals surface area (Å²) in [5, 5.41) is 1.80. The number of hydrogen-bond donors (Lipinski definition) is 1. The molecular formula is C18H30N2O2S2. The van der Waals surface area contributed by atoms with Crippen LogP contribution in [0.15, 0.2) is 21.7 Å². The fourth-order valence-electron chi connectivity index (χ4n) is 5.13. The van der Waals surface area contributed by atoms with Crippen molar-refractivity contribution in [3.8, 4) is 0 Å². The molecule has 3 rings (SSSR count). The lowest BCUT2D eigenvalue weighted by Gasteiger charge is -2.40. The third-order valence-corrected chi connectivity index (χ3v) is 8.39. The second kappa shape index (κ2) is 5.79. The van der Waals surface area contributed by atoms with Gasteiger partial charge in [0, 0.05) is 24.7 Å². The van der Waals surface area contributed by atoms with Crippen LogP contribution in [0.1, 0.15) is 53.9 Å². The zero-order valence-corrected chi connectivity index (χ0v) is 17.1. The summed E-state index contributed by atoms with van der Waals surface area (Å²) in [6.45, 7) is 12.9. The smallest absolute Gasteiger partial charge is 0.250 e. The first-order chi connectivity index (χ1) is 10.9. The summed E-state index contributed by atoms with van der Waals surface area (Å²) in [4.78, 5) is 2.52. The van der Waals surface area contributed by atoms with Crippen molar-refractivity contribution in [1.82, 2.24) is 9.62 Å². The normalized spacial score (nSPS) is 30.6. The van der Waals surface area contributed by atoms with Crippen molar-refractivity contribution in [3.05, 3.63) is 17.5 Å². The van der Waals surface area contributed by atoms with Crippen LogP contribution in [-0.4, -0.2) is 38.0 Å². The van der Waals surface area contributed by atoms with Gasteiger partial charge in [-0.1, -0.05) is 26.8 Å². The van der Waals surface area contributed by atoms with Crippen molar-refractivity contribution >= 4 is 21.4 Å². The molecule has 1 N–H and O–H groups in total. The van der Waals surface area contributed by atoms with Crippen molar-refractivity contribution in [2.75, 3.05) is 13.1 Å². The highest BCUT2D eigenvalue weighted by Crippen LogP contribution is 2.52. The van der Waals surface area contributed by atoms with E-state index in [2.05, 4.69) is 30.4 Å². The molecule has 0 amide bonds. The van der Waals surface area contributed by atoms with Crippen molar-refractivity contribution in [3.63, 3.8) is 0 Å². The first kappa shape index (κ1) is 18.4. The monoisotopic (exact) mass is 370 g/mol. The molecule has 2 fully saturated rings. The van der Waals surface area contributed by atoms with E-state index in [-0.39, 0.29) is 0 Å². The van der Waals surface area contributed by atoms with E-state index >= 15 is 0 Å². The van der Waals surface area contributed by atoms with Gasteiger partial charge in [-0.05, 0) is 55.4 Å². The Morgan fingerprint density at radius 1 is 1.33 bits per heavy atom. The molecule has 0 radical (unpaired) electrons. The van der Waals surface area contributed by atoms with Gasteiger partial charge < -0.3 is 0 Å². The van der Waals surface area contributed by atoms with Crippen molar-refractivity contribution in [2.24, 2.45) is 10.8 Å². The standard InChI is InChI=1S/C18H30N2O2S2/c1-16(2)9-14-10-18(5,11-16)13-20(14)12-17(3,4)19-24(21,22)15-7-6-8-23-15/h6-8,14,19H,9-13H2,1-5H3/t14-,18-/m1/s1. The number of likely N-dealkylation sites (tertiary alicyclic amines) is 1. The van der Waals surface area contributed by atoms with E-state index in [1.54, 1.807) is 17.5 Å². The van der Waals surface area contributed by atoms with Crippen LogP contribution in [0.25, 0.3) is 0 Å². The maximum atomic E-state index is 12.6. The average molecular weight is 371 g/mol. The Bertz CT molecular complexity index is 695. The van der Waals surface area contributed by atoms with Gasteiger partial charge in [-0.2, -0.15) is 0 Å². The lowest BCUT2D eigenvalue weighted by Crippen LogP contribution is -2.52. The number of fused-ring (bicyclic) bond motifs is 2. The van der Waals surface area contributed by atoms with Crippen molar-refractivity contribution in [2.45, 2.75) is 69.7 Å². The predicted molar refractivity (Wildman–Crippen MR) is 99.8 cm³/mol. The van der Waals surface area contributed by atoms with Crippen LogP contribution in [-0.2, 0) is 10.0 Å². The number of nitrogens with one attached hydrogen (secondary N) is 1. The van der Waals surface area contributed by atoms with E-state index in [0.717, 1.165) is 13.1 Å². The quantitative estimate of drug-likeness (QED) is 0.860. The fraction of sp³-hybridized carbons (Fsp3) is 0.778. The molecule has 0 spiro atoms. The molecule has 2 aliphatic rings. The first-order valence-corrected chi connectivity index (χ1v) is 11.1. The van der Waals surface area contributed by atoms with Crippen LogP contribution >= 0.6 is 11.3 Å². The Morgan fingerprint density at radius 2 is 2.04 bits per heavy atom. The van der Waals surface area contributed by atoms with E-state index in [1.165, 1.54) is 30.6 Å². The maximum Gasteiger partial charge on any atom is 0.250 e. The highest BCUT2D eigenvalue weighted by molar-refractivity contribution is 7.91. The zero-order valence-electron chi connectivity index (χ0n) is 15.4. The highest BCUT2D eigenvalue weighted by atomic mass is 32.2. The van der Waals surface area contributed by atoms with Crippen LogP contribution in [0, 0.1) is 10.8 Å². The van der Waals surface area contributed by atoms with Crippen molar-refractivity contribution in [1.29, 1.82) is 0 Å². The zero-order chi connectivity index (χ0) is 17.8. The topological polar surface area (TPSA) is 49.4 Å². The summed E-state index contributed by atoms with van der Waals surface area (Å²) in [6, 6.07) is 4.01. The van der Waals surface area contributed by atoms with Gasteiger partial charge in [-0.15, -0.1) is 11.3 Å². The summed E-state index contributed by atoms with van der Waals surface area (Å²) in [5.41, 5.74) is 0.267. The highest BCUT2D eigenvalue weighted by Gasteiger charge is 2.50. The van der Waals surface area contributed by atoms with E-state index in [9.17, 15) is 8.42 Å². The third-order valence-electron chi connectivity index (χ3n) is 5.29. The van der Waals surface area contributed by atoms with Gasteiger partial charge in [-0.25, -0.2) is 13.1 Å². The first-order valence-electron chi connectivity index (χ1n) is 8.72. The summed E-state index contributed by atoms with van der Waals surface area (Å²) in [6.07, 6.45) is 3.70. The molecule has 2 heterocycles. The summed E-state index contributed by atoms with van der Waals surface area (Å²) in [5.74, 6) is 0. The third kappa shape index (κ3) is 3.87. The Hall–Kier alpha value is -0.430. The molecule has 4 nitrogen and oxygen atoms in total. The minimum atomic E-state index is -3.43. The van der Waals surface area contributed by atoms with Gasteiger partial charge in [0.05, 0.1) is 0 Å². The van der Waals surface area contributed by atoms with Crippen LogP contribution < -0.4 is 4.72 Å². The van der Waals surface area contributed by atoms with Crippen LogP contribution in [0.4, 0.5) is 0 Å². The van der Waals surface area contributed by atoms with Gasteiger partial charge in [0.2, 0.25) is 0 Å². The predicted octanol–water partition coefficient (Wildman–Crippen LogP) is 3.71. The molecule has 0 aromatic carbocycles. The summed E-state index contributed by atoms with van der Waals surface area (Å²) < 4.78 is 28.4. The number of rotatable bonds is 5. The van der Waals surface area contributed by atoms with Crippen molar-refractivity contribution < 1.29 is 8.42 Å². The molecule has 2 bridgehead atoms. The van der Waals surface area contributed by atoms with Gasteiger partial charge in [0.25, 0.3) is 10.0 Å². The van der Waals surface area contributed by atoms with Crippen LogP contribution in [0.3, 0.4) is 0 Å². The average Bonchev–Trinajstić information content (AvgIpc) is 2.93. The molecule has 136 valence electrons. The van der Waals surface area contributed by atoms with Gasteiger partial charge >= 0.3 is 0 Å². The van der Waals surface area contributed by atoms with E-state index in [1.807, 2.05) is 13.8 Å². The molecule has 1 aliphatic heterocycles. The molecule has 1 aromatic rings. The minimum Gasteiger partial charge on any atom is -0.298 e. The number of hydrogen-bond acceptors (Lipinski definition) is 4. The lowest BCUT2D eigenvalue weighted by atomic mass is 9.65. The van der Waals surface area contributed by atoms with Crippen LogP contribution in [0.2, 0.25) is 0 Å². The Morgan fingerprint density at radius 3 is 2.67 bits per heavy atom. The molecule has 1 saturated carbocycles. The van der Waals surface area contributed by atoms with Crippen LogP contribution in [0.5, 0.6) is 0 Å². The Kier molecular flexibility index (Phi) is 4.43. The molecule has 6 heteroatoms. The Balaban J connectivity index is 1.71. The van der Waals surface area contributed by atoms with Gasteiger partial charge in [0.1, 0.15) is 4.21 Å². The molecule has 1 saturated heterocycles. The van der Waals surface area contributed by atoms with E-state index in [0.29, 0.717) is 21.1 Å². The minimum absolute atomic E-state index is 0.370. The second-order valence-electron chi connectivity index (χ2n) is 9.54. The van der Waals surface area contributed by atoms with Gasteiger partial charge in [0.15, 0.2) is 0 Å². The number of thiophene rings is 1. The molecule has 2 atom stereocenters. The molecule has 1 aromatic heterocycles. The Labute approximate surface area is 150 Å². The molecule has 1 aliphatic carbocycles. The van der Waals surface area contributed by atoms with Gasteiger partial charge in [-0.3, -0.25) is 4.90 Å². The largest absolute Gasteiger partial charge is 0.298 e. The SMILES string of the molecule is CC1(C)C[C@@H]2C[C@@](C)(CN2CC(C)(C)NS(=O)(=O)c2cccs2)C1. The summed E-state index contributed by atoms with van der Waals surface area (Å²) >= 11 is 1.26. The number of nitrogens with zero attached hydrogens (tertiary/aromatic N) is 1. The summed E-state index contributed by atoms with van der Waals surface area (Å²) in [7, 11) is -3.43. The fourth-order valence-corrected chi connectivity index (χ4v) is 7.53. The second-order valence-corrected chi connectivity index (χ2v) is 12.4.